The quantitative estimate of drug-likeness (QED) is 0.524. The Bertz CT molecular complexity index is 1460. The van der Waals surface area contributed by atoms with Crippen molar-refractivity contribution in [2.24, 2.45) is 16.7 Å². The van der Waals surface area contributed by atoms with Gasteiger partial charge in [0, 0.05) is 23.5 Å². The van der Waals surface area contributed by atoms with Gasteiger partial charge in [-0.3, -0.25) is 0 Å². The molecule has 3 heterocycles. The van der Waals surface area contributed by atoms with Crippen molar-refractivity contribution in [1.29, 1.82) is 5.26 Å². The van der Waals surface area contributed by atoms with Crippen LogP contribution in [0.4, 0.5) is 5.82 Å². The maximum Gasteiger partial charge on any atom is 0.123 e. The number of fused-ring (bicyclic) bond motifs is 2. The first kappa shape index (κ1) is 24.3. The molecule has 2 bridgehead atoms. The molecule has 1 aromatic carbocycles. The van der Waals surface area contributed by atoms with E-state index in [0.29, 0.717) is 18.7 Å². The van der Waals surface area contributed by atoms with E-state index in [2.05, 4.69) is 42.3 Å². The lowest BCUT2D eigenvalue weighted by molar-refractivity contribution is -0.223. The summed E-state index contributed by atoms with van der Waals surface area (Å²) in [5.41, 5.74) is 6.94. The second-order valence-electron chi connectivity index (χ2n) is 12.8. The van der Waals surface area contributed by atoms with Crippen molar-refractivity contribution >= 4 is 22.2 Å². The van der Waals surface area contributed by atoms with Crippen LogP contribution in [0.1, 0.15) is 51.0 Å². The van der Waals surface area contributed by atoms with Crippen LogP contribution in [-0.2, 0) is 4.74 Å². The molecule has 2 spiro atoms. The van der Waals surface area contributed by atoms with Crippen molar-refractivity contribution < 1.29 is 14.9 Å². The fourth-order valence-corrected chi connectivity index (χ4v) is 9.02. The van der Waals surface area contributed by atoms with E-state index in [4.69, 9.17) is 10.5 Å². The summed E-state index contributed by atoms with van der Waals surface area (Å²) >= 11 is 0. The van der Waals surface area contributed by atoms with Gasteiger partial charge in [0.15, 0.2) is 0 Å². The van der Waals surface area contributed by atoms with Gasteiger partial charge in [0.2, 0.25) is 0 Å². The van der Waals surface area contributed by atoms with Crippen LogP contribution >= 0.6 is 0 Å². The Balaban J connectivity index is 1.31. The summed E-state index contributed by atoms with van der Waals surface area (Å²) in [5, 5.41) is 35.1. The highest BCUT2D eigenvalue weighted by atomic mass is 16.5. The maximum absolute atomic E-state index is 11.3. The molecule has 3 aliphatic carbocycles. The SMILES string of the molecule is CN(C)C1CC23CCC4(O2)C2CC=C(c5ccc6cc(N)ncc6c5)C2(C)CCC4(C#N)C=C3C(O)C1O. The third kappa shape index (κ3) is 2.84. The van der Waals surface area contributed by atoms with Gasteiger partial charge in [0.05, 0.1) is 23.4 Å². The molecular formula is C31H36N4O3. The summed E-state index contributed by atoms with van der Waals surface area (Å²) in [7, 11) is 3.88. The summed E-state index contributed by atoms with van der Waals surface area (Å²) < 4.78 is 7.27. The largest absolute Gasteiger partial charge is 0.388 e. The number of ether oxygens (including phenoxy) is 1. The number of allylic oxidation sites excluding steroid dienone is 2. The summed E-state index contributed by atoms with van der Waals surface area (Å²) in [6.07, 6.45) is 8.88. The number of nitrogens with zero attached hydrogens (tertiary/aromatic N) is 3. The van der Waals surface area contributed by atoms with E-state index in [1.807, 2.05) is 37.3 Å². The summed E-state index contributed by atoms with van der Waals surface area (Å²) in [6.45, 7) is 2.35. The summed E-state index contributed by atoms with van der Waals surface area (Å²) in [6, 6.07) is 10.9. The number of rotatable bonds is 2. The van der Waals surface area contributed by atoms with Crippen LogP contribution in [-0.4, -0.2) is 63.6 Å². The minimum Gasteiger partial charge on any atom is -0.388 e. The molecule has 2 saturated carbocycles. The van der Waals surface area contributed by atoms with Gasteiger partial charge in [-0.1, -0.05) is 31.2 Å². The molecule has 0 amide bonds. The lowest BCUT2D eigenvalue weighted by Gasteiger charge is -2.61. The molecule has 38 heavy (non-hydrogen) atoms. The van der Waals surface area contributed by atoms with E-state index in [1.165, 1.54) is 11.1 Å². The number of anilines is 1. The van der Waals surface area contributed by atoms with Gasteiger partial charge < -0.3 is 25.6 Å². The van der Waals surface area contributed by atoms with Crippen molar-refractivity contribution in [3.63, 3.8) is 0 Å². The number of aliphatic hydroxyl groups excluding tert-OH is 2. The molecule has 8 unspecified atom stereocenters. The highest BCUT2D eigenvalue weighted by Gasteiger charge is 2.74. The van der Waals surface area contributed by atoms with E-state index in [9.17, 15) is 15.5 Å². The average Bonchev–Trinajstić information content (AvgIpc) is 3.42. The van der Waals surface area contributed by atoms with Crippen LogP contribution in [0.2, 0.25) is 0 Å². The van der Waals surface area contributed by atoms with Crippen LogP contribution in [0.15, 0.2) is 48.2 Å². The maximum atomic E-state index is 11.3. The van der Waals surface area contributed by atoms with E-state index >= 15 is 0 Å². The lowest BCUT2D eigenvalue weighted by atomic mass is 9.49. The molecule has 3 fully saturated rings. The third-order valence-electron chi connectivity index (χ3n) is 11.0. The fraction of sp³-hybridized carbons (Fsp3) is 0.548. The smallest absolute Gasteiger partial charge is 0.123 e. The molecule has 5 aliphatic rings. The third-order valence-corrected chi connectivity index (χ3v) is 11.0. The van der Waals surface area contributed by atoms with Gasteiger partial charge in [-0.2, -0.15) is 5.26 Å². The highest BCUT2D eigenvalue weighted by molar-refractivity contribution is 5.88. The Kier molecular flexibility index (Phi) is 4.90. The number of aromatic nitrogens is 1. The van der Waals surface area contributed by atoms with Gasteiger partial charge in [0.25, 0.3) is 0 Å². The predicted molar refractivity (Wildman–Crippen MR) is 146 cm³/mol. The molecular weight excluding hydrogens is 476 g/mol. The van der Waals surface area contributed by atoms with Gasteiger partial charge in [0.1, 0.15) is 17.3 Å². The van der Waals surface area contributed by atoms with Crippen LogP contribution in [0.25, 0.3) is 16.3 Å². The highest BCUT2D eigenvalue weighted by Crippen LogP contribution is 2.72. The number of nitriles is 1. The molecule has 0 radical (unpaired) electrons. The molecule has 7 rings (SSSR count). The van der Waals surface area contributed by atoms with E-state index in [1.54, 1.807) is 0 Å². The molecule has 7 heteroatoms. The number of nitrogen functional groups attached to an aromatic ring is 1. The zero-order valence-corrected chi connectivity index (χ0v) is 22.3. The van der Waals surface area contributed by atoms with Crippen molar-refractivity contribution in [1.82, 2.24) is 9.88 Å². The normalized spacial score (nSPS) is 43.2. The number of aliphatic hydroxyl groups is 2. The average molecular weight is 513 g/mol. The number of hydrogen-bond acceptors (Lipinski definition) is 7. The minimum absolute atomic E-state index is 0.139. The monoisotopic (exact) mass is 512 g/mol. The molecule has 1 aromatic heterocycles. The Morgan fingerprint density at radius 2 is 1.95 bits per heavy atom. The van der Waals surface area contributed by atoms with Gasteiger partial charge >= 0.3 is 0 Å². The fourth-order valence-electron chi connectivity index (χ4n) is 9.02. The molecule has 198 valence electrons. The van der Waals surface area contributed by atoms with E-state index < -0.39 is 28.8 Å². The Morgan fingerprint density at radius 3 is 2.71 bits per heavy atom. The molecule has 4 N–H and O–H groups in total. The Morgan fingerprint density at radius 1 is 1.13 bits per heavy atom. The van der Waals surface area contributed by atoms with E-state index in [0.717, 1.165) is 42.0 Å². The van der Waals surface area contributed by atoms with Crippen LogP contribution in [0.3, 0.4) is 0 Å². The van der Waals surface area contributed by atoms with Gasteiger partial charge in [-0.15, -0.1) is 0 Å². The minimum atomic E-state index is -1.02. The zero-order valence-electron chi connectivity index (χ0n) is 22.3. The van der Waals surface area contributed by atoms with Crippen LogP contribution in [0.5, 0.6) is 0 Å². The van der Waals surface area contributed by atoms with Gasteiger partial charge in [-0.25, -0.2) is 4.98 Å². The van der Waals surface area contributed by atoms with Crippen molar-refractivity contribution in [3.05, 3.63) is 53.8 Å². The first-order valence-corrected chi connectivity index (χ1v) is 13.8. The predicted octanol–water partition coefficient (Wildman–Crippen LogP) is 3.81. The second-order valence-corrected chi connectivity index (χ2v) is 12.8. The van der Waals surface area contributed by atoms with Crippen LogP contribution in [0, 0.1) is 28.1 Å². The lowest BCUT2D eigenvalue weighted by Crippen LogP contribution is -2.66. The standard InChI is InChI=1S/C31H36N4O3/c1-28-8-9-29(17-32)14-22-26(36)27(37)23(35(2)3)15-30(22)10-11-31(29,38-30)24(28)7-6-21(28)19-5-4-18-13-25(33)34-16-20(18)12-19/h4-6,12-14,16,23-24,26-27,36-37H,7-11,15H2,1-3H3,(H2,33,34). The Hall–Kier alpha value is -2.76. The van der Waals surface area contributed by atoms with Crippen LogP contribution < -0.4 is 5.73 Å². The summed E-state index contributed by atoms with van der Waals surface area (Å²) in [5.74, 6) is 0.670. The molecule has 7 nitrogen and oxygen atoms in total. The molecule has 2 aromatic rings. The van der Waals surface area contributed by atoms with Crippen molar-refractivity contribution in [2.75, 3.05) is 19.8 Å². The molecule has 8 atom stereocenters. The number of benzene rings is 1. The number of nitrogens with two attached hydrogens (primary N) is 1. The first-order chi connectivity index (χ1) is 18.1. The Labute approximate surface area is 223 Å². The topological polar surface area (TPSA) is 116 Å². The van der Waals surface area contributed by atoms with Crippen molar-refractivity contribution in [3.8, 4) is 6.07 Å². The van der Waals surface area contributed by atoms with Crippen molar-refractivity contribution in [2.45, 2.75) is 74.9 Å². The van der Waals surface area contributed by atoms with Gasteiger partial charge in [-0.05, 0) is 92.3 Å². The molecule has 1 saturated heterocycles. The number of pyridine rings is 1. The first-order valence-electron chi connectivity index (χ1n) is 13.8. The molecule has 2 aliphatic heterocycles. The zero-order chi connectivity index (χ0) is 26.7. The van der Waals surface area contributed by atoms with E-state index in [-0.39, 0.29) is 17.4 Å². The number of hydrogen-bond donors (Lipinski definition) is 3. The number of likely N-dealkylation sites (N-methyl/N-ethyl adjacent to an activating group) is 1. The summed E-state index contributed by atoms with van der Waals surface area (Å²) in [4.78, 5) is 6.29. The second kappa shape index (κ2) is 7.67.